The molecule has 1 aromatic heterocycles. The number of hydrogen-bond donors (Lipinski definition) is 0. The van der Waals surface area contributed by atoms with Crippen molar-refractivity contribution in [3.05, 3.63) is 42.0 Å². The summed E-state index contributed by atoms with van der Waals surface area (Å²) < 4.78 is 36.9. The molecular weight excluding hydrogens is 450 g/mol. The molecule has 0 aliphatic carbocycles. The fourth-order valence-corrected chi connectivity index (χ4v) is 5.38. The number of amides is 1. The Balaban J connectivity index is 2.16. The van der Waals surface area contributed by atoms with E-state index in [2.05, 4.69) is 4.98 Å². The molecule has 1 amide bonds. The molecule has 0 N–H and O–H groups in total. The van der Waals surface area contributed by atoms with Crippen molar-refractivity contribution in [3.63, 3.8) is 0 Å². The lowest BCUT2D eigenvalue weighted by molar-refractivity contribution is 0.0982. The molecule has 32 heavy (non-hydrogen) atoms. The van der Waals surface area contributed by atoms with Crippen molar-refractivity contribution < 1.29 is 22.7 Å². The molecule has 2 aromatic carbocycles. The first-order valence-corrected chi connectivity index (χ1v) is 12.5. The quantitative estimate of drug-likeness (QED) is 0.467. The van der Waals surface area contributed by atoms with Gasteiger partial charge in [-0.25, -0.2) is 13.4 Å². The standard InChI is InChI=1S/C22H27N3O5S2/c1-6-32(27,28)18-10-8-7-9-15(18)21(26)25(14-13-24(2)3)22-23-19-16(29-4)11-12-17(30-5)20(19)31-22/h7-12H,6,13-14H2,1-5H3. The predicted octanol–water partition coefficient (Wildman–Crippen LogP) is 3.32. The Kier molecular flexibility index (Phi) is 7.37. The van der Waals surface area contributed by atoms with Crippen LogP contribution in [0.25, 0.3) is 10.2 Å². The fourth-order valence-electron chi connectivity index (χ4n) is 3.19. The average molecular weight is 478 g/mol. The van der Waals surface area contributed by atoms with Gasteiger partial charge in [-0.3, -0.25) is 9.69 Å². The topological polar surface area (TPSA) is 89.0 Å². The Morgan fingerprint density at radius 3 is 2.31 bits per heavy atom. The van der Waals surface area contributed by atoms with E-state index in [-0.39, 0.29) is 16.2 Å². The van der Waals surface area contributed by atoms with Crippen LogP contribution < -0.4 is 14.4 Å². The van der Waals surface area contributed by atoms with E-state index < -0.39 is 15.7 Å². The maximum Gasteiger partial charge on any atom is 0.261 e. The predicted molar refractivity (Wildman–Crippen MR) is 127 cm³/mol. The summed E-state index contributed by atoms with van der Waals surface area (Å²) in [5, 5.41) is 0.443. The van der Waals surface area contributed by atoms with Gasteiger partial charge in [0.25, 0.3) is 5.91 Å². The van der Waals surface area contributed by atoms with E-state index in [0.29, 0.717) is 35.2 Å². The van der Waals surface area contributed by atoms with Gasteiger partial charge in [0.2, 0.25) is 0 Å². The Morgan fingerprint density at radius 1 is 1.03 bits per heavy atom. The minimum absolute atomic E-state index is 0.0265. The number of anilines is 1. The summed E-state index contributed by atoms with van der Waals surface area (Å²) >= 11 is 1.30. The van der Waals surface area contributed by atoms with Gasteiger partial charge >= 0.3 is 0 Å². The van der Waals surface area contributed by atoms with Gasteiger partial charge in [0, 0.05) is 13.1 Å². The van der Waals surface area contributed by atoms with Crippen LogP contribution in [0.5, 0.6) is 11.5 Å². The summed E-state index contributed by atoms with van der Waals surface area (Å²) in [6.45, 7) is 2.46. The van der Waals surface area contributed by atoms with Crippen molar-refractivity contribution >= 4 is 42.4 Å². The van der Waals surface area contributed by atoms with Gasteiger partial charge < -0.3 is 14.4 Å². The van der Waals surface area contributed by atoms with Gasteiger partial charge in [-0.05, 0) is 38.4 Å². The maximum atomic E-state index is 13.7. The molecule has 0 aliphatic heterocycles. The summed E-state index contributed by atoms with van der Waals surface area (Å²) in [6.07, 6.45) is 0. The number of benzene rings is 2. The van der Waals surface area contributed by atoms with Crippen molar-refractivity contribution in [3.8, 4) is 11.5 Å². The van der Waals surface area contributed by atoms with E-state index in [1.165, 1.54) is 22.3 Å². The van der Waals surface area contributed by atoms with Crippen LogP contribution >= 0.6 is 11.3 Å². The molecule has 0 radical (unpaired) electrons. The molecule has 0 aliphatic rings. The maximum absolute atomic E-state index is 13.7. The number of fused-ring (bicyclic) bond motifs is 1. The number of rotatable bonds is 9. The number of likely N-dealkylation sites (N-methyl/N-ethyl adjacent to an activating group) is 1. The van der Waals surface area contributed by atoms with Crippen LogP contribution in [-0.4, -0.2) is 71.4 Å². The van der Waals surface area contributed by atoms with Crippen molar-refractivity contribution in [1.29, 1.82) is 0 Å². The number of aromatic nitrogens is 1. The monoisotopic (exact) mass is 477 g/mol. The van der Waals surface area contributed by atoms with Crippen LogP contribution in [0.1, 0.15) is 17.3 Å². The Morgan fingerprint density at radius 2 is 1.69 bits per heavy atom. The highest BCUT2D eigenvalue weighted by Gasteiger charge is 2.28. The molecule has 172 valence electrons. The van der Waals surface area contributed by atoms with Gasteiger partial charge in [0.1, 0.15) is 21.7 Å². The van der Waals surface area contributed by atoms with Crippen LogP contribution in [0.15, 0.2) is 41.3 Å². The van der Waals surface area contributed by atoms with Crippen molar-refractivity contribution in [1.82, 2.24) is 9.88 Å². The van der Waals surface area contributed by atoms with Gasteiger partial charge in [-0.15, -0.1) is 0 Å². The molecule has 0 saturated carbocycles. The number of hydrogen-bond acceptors (Lipinski definition) is 8. The van der Waals surface area contributed by atoms with Gasteiger partial charge in [-0.1, -0.05) is 30.4 Å². The summed E-state index contributed by atoms with van der Waals surface area (Å²) in [4.78, 5) is 21.8. The molecule has 1 heterocycles. The summed E-state index contributed by atoms with van der Waals surface area (Å²) in [7, 11) is 3.36. The molecule has 0 unspecified atom stereocenters. The number of carbonyl (C=O) groups excluding carboxylic acids is 1. The van der Waals surface area contributed by atoms with Crippen LogP contribution in [0.3, 0.4) is 0 Å². The number of methoxy groups -OCH3 is 2. The third-order valence-corrected chi connectivity index (χ3v) is 7.86. The van der Waals surface area contributed by atoms with E-state index in [1.807, 2.05) is 19.0 Å². The Hall–Kier alpha value is -2.69. The number of carbonyl (C=O) groups is 1. The van der Waals surface area contributed by atoms with E-state index >= 15 is 0 Å². The van der Waals surface area contributed by atoms with E-state index in [4.69, 9.17) is 9.47 Å². The molecule has 8 nitrogen and oxygen atoms in total. The number of sulfone groups is 1. The van der Waals surface area contributed by atoms with Gasteiger partial charge in [0.05, 0.1) is 30.4 Å². The van der Waals surface area contributed by atoms with Crippen LogP contribution in [0.4, 0.5) is 5.13 Å². The zero-order chi connectivity index (χ0) is 23.5. The van der Waals surface area contributed by atoms with Crippen LogP contribution in [0.2, 0.25) is 0 Å². The zero-order valence-corrected chi connectivity index (χ0v) is 20.4. The normalized spacial score (nSPS) is 11.7. The summed E-state index contributed by atoms with van der Waals surface area (Å²) in [5.74, 6) is 0.678. The third kappa shape index (κ3) is 4.72. The van der Waals surface area contributed by atoms with Crippen LogP contribution in [-0.2, 0) is 9.84 Å². The van der Waals surface area contributed by atoms with E-state index in [9.17, 15) is 13.2 Å². The van der Waals surface area contributed by atoms with Gasteiger partial charge in [0.15, 0.2) is 15.0 Å². The number of ether oxygens (including phenoxy) is 2. The Labute approximate surface area is 192 Å². The lowest BCUT2D eigenvalue weighted by Gasteiger charge is -2.23. The van der Waals surface area contributed by atoms with Crippen LogP contribution in [0, 0.1) is 0 Å². The molecular formula is C22H27N3O5S2. The zero-order valence-electron chi connectivity index (χ0n) is 18.8. The molecule has 10 heteroatoms. The molecule has 0 fully saturated rings. The lowest BCUT2D eigenvalue weighted by Crippen LogP contribution is -2.37. The summed E-state index contributed by atoms with van der Waals surface area (Å²) in [6, 6.07) is 9.86. The highest BCUT2D eigenvalue weighted by molar-refractivity contribution is 7.91. The Bertz CT molecular complexity index is 1180. The second kappa shape index (κ2) is 9.85. The first-order valence-electron chi connectivity index (χ1n) is 10.0. The average Bonchev–Trinajstić information content (AvgIpc) is 3.23. The largest absolute Gasteiger partial charge is 0.495 e. The molecule has 0 atom stereocenters. The minimum Gasteiger partial charge on any atom is -0.495 e. The van der Waals surface area contributed by atoms with E-state index in [0.717, 1.165) is 4.70 Å². The molecule has 3 rings (SSSR count). The van der Waals surface area contributed by atoms with Crippen molar-refractivity contribution in [2.24, 2.45) is 0 Å². The molecule has 0 saturated heterocycles. The minimum atomic E-state index is -3.58. The molecule has 0 bridgehead atoms. The highest BCUT2D eigenvalue weighted by atomic mass is 32.2. The lowest BCUT2D eigenvalue weighted by atomic mass is 10.2. The highest BCUT2D eigenvalue weighted by Crippen LogP contribution is 2.40. The summed E-state index contributed by atoms with van der Waals surface area (Å²) in [5.41, 5.74) is 0.718. The third-order valence-electron chi connectivity index (χ3n) is 4.98. The van der Waals surface area contributed by atoms with Crippen molar-refractivity contribution in [2.45, 2.75) is 11.8 Å². The first kappa shape index (κ1) is 24.0. The first-order chi connectivity index (χ1) is 15.2. The van der Waals surface area contributed by atoms with Crippen molar-refractivity contribution in [2.75, 3.05) is 52.1 Å². The number of thiazole rings is 1. The second-order valence-corrected chi connectivity index (χ2v) is 10.5. The van der Waals surface area contributed by atoms with Gasteiger partial charge in [-0.2, -0.15) is 0 Å². The van der Waals surface area contributed by atoms with E-state index in [1.54, 1.807) is 51.5 Å². The molecule has 0 spiro atoms. The number of nitrogens with zero attached hydrogens (tertiary/aromatic N) is 3. The molecule has 3 aromatic rings. The smallest absolute Gasteiger partial charge is 0.261 e. The second-order valence-electron chi connectivity index (χ2n) is 7.30. The fraction of sp³-hybridized carbons (Fsp3) is 0.364. The SMILES string of the molecule is CCS(=O)(=O)c1ccccc1C(=O)N(CCN(C)C)c1nc2c(OC)ccc(OC)c2s1.